The number of carbonyl (C=O) groups excluding carboxylic acids is 1. The van der Waals surface area contributed by atoms with E-state index in [4.69, 9.17) is 4.74 Å². The average Bonchev–Trinajstić information content (AvgIpc) is 2.05. The molecule has 0 bridgehead atoms. The van der Waals surface area contributed by atoms with Crippen LogP contribution in [0.4, 0.5) is 0 Å². The summed E-state index contributed by atoms with van der Waals surface area (Å²) < 4.78 is 5.61. The number of hydrogen-bond acceptors (Lipinski definition) is 2. The summed E-state index contributed by atoms with van der Waals surface area (Å²) in [6.07, 6.45) is 2.41. The third-order valence-corrected chi connectivity index (χ3v) is 3.40. The summed E-state index contributed by atoms with van der Waals surface area (Å²) in [7, 11) is 0. The number of hydrogen-bond donors (Lipinski definition) is 0. The highest BCUT2D eigenvalue weighted by atomic mass is 79.9. The predicted molar refractivity (Wildman–Crippen MR) is 58.3 cm³/mol. The zero-order chi connectivity index (χ0) is 10.3. The molecular weight excluding hydrogens is 244 g/mol. The molecule has 0 saturated heterocycles. The van der Waals surface area contributed by atoms with Gasteiger partial charge in [0.15, 0.2) is 5.78 Å². The Hall–Kier alpha value is -0.310. The molecule has 1 heterocycles. The van der Waals surface area contributed by atoms with Gasteiger partial charge in [-0.1, -0.05) is 29.8 Å². The Morgan fingerprint density at radius 2 is 2.14 bits per heavy atom. The zero-order valence-electron chi connectivity index (χ0n) is 8.60. The van der Waals surface area contributed by atoms with E-state index in [1.807, 2.05) is 0 Å². The van der Waals surface area contributed by atoms with E-state index in [0.29, 0.717) is 17.9 Å². The molecule has 0 N–H and O–H groups in total. The van der Waals surface area contributed by atoms with Gasteiger partial charge in [0, 0.05) is 18.4 Å². The fourth-order valence-electron chi connectivity index (χ4n) is 2.14. The Balaban J connectivity index is 2.28. The first-order chi connectivity index (χ1) is 6.48. The lowest BCUT2D eigenvalue weighted by Crippen LogP contribution is -2.31. The molecule has 0 amide bonds. The quantitative estimate of drug-likeness (QED) is 0.625. The van der Waals surface area contributed by atoms with Crippen LogP contribution in [0.3, 0.4) is 0 Å². The first-order valence-electron chi connectivity index (χ1n) is 5.00. The maximum Gasteiger partial charge on any atom is 0.162 e. The van der Waals surface area contributed by atoms with Crippen molar-refractivity contribution in [3.63, 3.8) is 0 Å². The van der Waals surface area contributed by atoms with Crippen LogP contribution < -0.4 is 0 Å². The van der Waals surface area contributed by atoms with Gasteiger partial charge in [-0.3, -0.25) is 4.79 Å². The lowest BCUT2D eigenvalue weighted by molar-refractivity contribution is -0.119. The topological polar surface area (TPSA) is 26.3 Å². The van der Waals surface area contributed by atoms with Gasteiger partial charge >= 0.3 is 0 Å². The Morgan fingerprint density at radius 1 is 1.43 bits per heavy atom. The minimum Gasteiger partial charge on any atom is -0.496 e. The molecule has 1 atom stereocenters. The van der Waals surface area contributed by atoms with Crippen LogP contribution in [-0.4, -0.2) is 17.2 Å². The maximum absolute atomic E-state index is 11.8. The Labute approximate surface area is 92.8 Å². The van der Waals surface area contributed by atoms with Crippen LogP contribution in [0, 0.1) is 5.41 Å². The van der Waals surface area contributed by atoms with Crippen LogP contribution in [0.5, 0.6) is 0 Å². The fraction of sp³-hybridized carbons (Fsp3) is 0.727. The van der Waals surface area contributed by atoms with Gasteiger partial charge in [0.1, 0.15) is 12.4 Å². The van der Waals surface area contributed by atoms with Crippen molar-refractivity contribution in [1.29, 1.82) is 0 Å². The highest BCUT2D eigenvalue weighted by molar-refractivity contribution is 9.09. The van der Waals surface area contributed by atoms with Crippen LogP contribution in [0.25, 0.3) is 0 Å². The first-order valence-corrected chi connectivity index (χ1v) is 5.92. The molecule has 2 aliphatic rings. The van der Waals surface area contributed by atoms with Gasteiger partial charge in [0.05, 0.1) is 4.83 Å². The molecule has 1 aliphatic carbocycles. The van der Waals surface area contributed by atoms with E-state index in [9.17, 15) is 4.79 Å². The van der Waals surface area contributed by atoms with Crippen molar-refractivity contribution in [3.05, 3.63) is 11.3 Å². The first kappa shape index (κ1) is 10.2. The molecule has 14 heavy (non-hydrogen) atoms. The lowest BCUT2D eigenvalue weighted by Gasteiger charge is -2.35. The smallest absolute Gasteiger partial charge is 0.162 e. The summed E-state index contributed by atoms with van der Waals surface area (Å²) in [6, 6.07) is 0. The Bertz CT molecular complexity index is 304. The van der Waals surface area contributed by atoms with Gasteiger partial charge < -0.3 is 4.74 Å². The van der Waals surface area contributed by atoms with Gasteiger partial charge in [-0.05, 0) is 11.8 Å². The summed E-state index contributed by atoms with van der Waals surface area (Å²) in [6.45, 7) is 4.94. The number of Topliss-reactive ketones (excluding diaryl/α,β-unsaturated/α-hetero) is 1. The number of alkyl halides is 1. The molecule has 1 unspecified atom stereocenters. The fourth-order valence-corrected chi connectivity index (χ4v) is 2.59. The molecule has 0 radical (unpaired) electrons. The molecule has 0 saturated carbocycles. The molecule has 78 valence electrons. The monoisotopic (exact) mass is 258 g/mol. The third-order valence-electron chi connectivity index (χ3n) is 2.82. The summed E-state index contributed by atoms with van der Waals surface area (Å²) in [5.41, 5.74) is 1.01. The van der Waals surface area contributed by atoms with Gasteiger partial charge in [-0.2, -0.15) is 0 Å². The van der Waals surface area contributed by atoms with E-state index >= 15 is 0 Å². The van der Waals surface area contributed by atoms with Crippen LogP contribution >= 0.6 is 15.9 Å². The molecule has 2 nitrogen and oxygen atoms in total. The molecule has 0 spiro atoms. The maximum atomic E-state index is 11.8. The molecule has 3 heteroatoms. The van der Waals surface area contributed by atoms with E-state index < -0.39 is 0 Å². The number of rotatable bonds is 0. The van der Waals surface area contributed by atoms with E-state index in [-0.39, 0.29) is 11.2 Å². The number of halogens is 1. The van der Waals surface area contributed by atoms with Crippen molar-refractivity contribution in [2.45, 2.75) is 37.9 Å². The SMILES string of the molecule is CC1(C)CC(=O)C2=C(C1)OCC(Br)C2. The second kappa shape index (κ2) is 3.37. The van der Waals surface area contributed by atoms with E-state index in [1.54, 1.807) is 0 Å². The van der Waals surface area contributed by atoms with Gasteiger partial charge in [-0.15, -0.1) is 0 Å². The zero-order valence-corrected chi connectivity index (χ0v) is 10.2. The summed E-state index contributed by atoms with van der Waals surface area (Å²) >= 11 is 3.49. The second-order valence-electron chi connectivity index (χ2n) is 4.96. The van der Waals surface area contributed by atoms with E-state index in [2.05, 4.69) is 29.8 Å². The van der Waals surface area contributed by atoms with E-state index in [0.717, 1.165) is 24.2 Å². The number of carbonyl (C=O) groups is 1. The molecule has 0 aromatic carbocycles. The molecule has 0 aromatic rings. The highest BCUT2D eigenvalue weighted by Gasteiger charge is 2.36. The molecule has 2 rings (SSSR count). The van der Waals surface area contributed by atoms with Crippen molar-refractivity contribution in [2.24, 2.45) is 5.41 Å². The highest BCUT2D eigenvalue weighted by Crippen LogP contribution is 2.41. The van der Waals surface area contributed by atoms with Crippen LogP contribution in [0.2, 0.25) is 0 Å². The summed E-state index contributed by atoms with van der Waals surface area (Å²) in [4.78, 5) is 12.1. The van der Waals surface area contributed by atoms with Gasteiger partial charge in [0.25, 0.3) is 0 Å². The number of ether oxygens (including phenoxy) is 1. The number of allylic oxidation sites excluding steroid dienone is 2. The van der Waals surface area contributed by atoms with Gasteiger partial charge in [0.2, 0.25) is 0 Å². The third kappa shape index (κ3) is 1.88. The average molecular weight is 259 g/mol. The molecule has 0 aromatic heterocycles. The summed E-state index contributed by atoms with van der Waals surface area (Å²) in [5.74, 6) is 1.22. The minimum absolute atomic E-state index is 0.0784. The Morgan fingerprint density at radius 3 is 2.86 bits per heavy atom. The predicted octanol–water partition coefficient (Wildman–Crippen LogP) is 2.81. The molecule has 0 fully saturated rings. The van der Waals surface area contributed by atoms with Crippen LogP contribution in [0.15, 0.2) is 11.3 Å². The van der Waals surface area contributed by atoms with Crippen LogP contribution in [0.1, 0.15) is 33.1 Å². The number of ketones is 1. The largest absolute Gasteiger partial charge is 0.496 e. The van der Waals surface area contributed by atoms with Crippen molar-refractivity contribution >= 4 is 21.7 Å². The standard InChI is InChI=1S/C11H15BrO2/c1-11(2)4-9(13)8-3-7(12)6-14-10(8)5-11/h7H,3-6H2,1-2H3. The van der Waals surface area contributed by atoms with Crippen LogP contribution in [-0.2, 0) is 9.53 Å². The van der Waals surface area contributed by atoms with E-state index in [1.165, 1.54) is 0 Å². The van der Waals surface area contributed by atoms with Gasteiger partial charge in [-0.25, -0.2) is 0 Å². The minimum atomic E-state index is 0.0784. The van der Waals surface area contributed by atoms with Crippen molar-refractivity contribution in [3.8, 4) is 0 Å². The van der Waals surface area contributed by atoms with Crippen molar-refractivity contribution in [2.75, 3.05) is 6.61 Å². The molecular formula is C11H15BrO2. The Kier molecular flexibility index (Phi) is 2.46. The lowest BCUT2D eigenvalue weighted by atomic mass is 9.75. The molecule has 1 aliphatic heterocycles. The summed E-state index contributed by atoms with van der Waals surface area (Å²) in [5, 5.41) is 0. The normalized spacial score (nSPS) is 31.1. The van der Waals surface area contributed by atoms with Crippen molar-refractivity contribution < 1.29 is 9.53 Å². The second-order valence-corrected chi connectivity index (χ2v) is 6.25. The van der Waals surface area contributed by atoms with Crippen molar-refractivity contribution in [1.82, 2.24) is 0 Å².